The summed E-state index contributed by atoms with van der Waals surface area (Å²) in [5, 5.41) is 3.04. The van der Waals surface area contributed by atoms with Crippen molar-refractivity contribution < 1.29 is 22.7 Å². The minimum absolute atomic E-state index is 0.0777. The van der Waals surface area contributed by atoms with E-state index in [9.17, 15) is 18.0 Å². The Hall–Kier alpha value is -2.74. The molecule has 4 rings (SSSR count). The third kappa shape index (κ3) is 6.28. The van der Waals surface area contributed by atoms with Crippen LogP contribution in [-0.2, 0) is 17.4 Å². The molecule has 1 fully saturated rings. The minimum atomic E-state index is -4.40. The lowest BCUT2D eigenvalue weighted by molar-refractivity contribution is -0.137. The molecule has 0 bridgehead atoms. The number of hydrogen-bond acceptors (Lipinski definition) is 4. The van der Waals surface area contributed by atoms with E-state index in [0.717, 1.165) is 37.0 Å². The standard InChI is InChI=1S/C27H34F3N3O2/c1-19(2)10-11-31-26(34)23-17-20-16-21(27(28,29)30)8-9-24(20)33-13-12-32(18-25(23)33)14-15-35-22-6-4-3-5-7-22/h3-9,16,19,23,25H,10-15,17-18H2,1-2H3,(H,31,34). The number of carbonyl (C=O) groups excluding carboxylic acids is 1. The molecule has 0 radical (unpaired) electrons. The Bertz CT molecular complexity index is 997. The number of halogens is 3. The van der Waals surface area contributed by atoms with Crippen molar-refractivity contribution >= 4 is 11.6 Å². The lowest BCUT2D eigenvalue weighted by Gasteiger charge is -2.49. The Balaban J connectivity index is 1.49. The first-order valence-corrected chi connectivity index (χ1v) is 12.4. The predicted molar refractivity (Wildman–Crippen MR) is 131 cm³/mol. The second-order valence-corrected chi connectivity index (χ2v) is 9.85. The maximum atomic E-state index is 13.4. The average Bonchev–Trinajstić information content (AvgIpc) is 2.83. The van der Waals surface area contributed by atoms with Crippen molar-refractivity contribution in [3.8, 4) is 5.75 Å². The summed E-state index contributed by atoms with van der Waals surface area (Å²) >= 11 is 0. The maximum absolute atomic E-state index is 13.4. The van der Waals surface area contributed by atoms with Gasteiger partial charge in [0, 0.05) is 38.4 Å². The highest BCUT2D eigenvalue weighted by atomic mass is 19.4. The molecule has 8 heteroatoms. The fourth-order valence-electron chi connectivity index (χ4n) is 4.99. The number of amides is 1. The molecule has 5 nitrogen and oxygen atoms in total. The van der Waals surface area contributed by atoms with Crippen molar-refractivity contribution in [3.63, 3.8) is 0 Å². The van der Waals surface area contributed by atoms with E-state index in [0.29, 0.717) is 44.1 Å². The van der Waals surface area contributed by atoms with E-state index in [1.807, 2.05) is 30.3 Å². The molecule has 0 spiro atoms. The Morgan fingerprint density at radius 3 is 2.63 bits per heavy atom. The quantitative estimate of drug-likeness (QED) is 0.588. The topological polar surface area (TPSA) is 44.8 Å². The third-order valence-corrected chi connectivity index (χ3v) is 6.90. The Morgan fingerprint density at radius 1 is 1.14 bits per heavy atom. The Labute approximate surface area is 205 Å². The monoisotopic (exact) mass is 489 g/mol. The third-order valence-electron chi connectivity index (χ3n) is 6.90. The second-order valence-electron chi connectivity index (χ2n) is 9.85. The number of fused-ring (bicyclic) bond motifs is 3. The van der Waals surface area contributed by atoms with E-state index in [1.54, 1.807) is 6.07 Å². The van der Waals surface area contributed by atoms with Gasteiger partial charge in [0.25, 0.3) is 0 Å². The van der Waals surface area contributed by atoms with Crippen LogP contribution < -0.4 is 15.0 Å². The zero-order valence-corrected chi connectivity index (χ0v) is 20.4. The lowest BCUT2D eigenvalue weighted by Crippen LogP contribution is -2.61. The van der Waals surface area contributed by atoms with Crippen LogP contribution in [0.4, 0.5) is 18.9 Å². The van der Waals surface area contributed by atoms with Gasteiger partial charge in [0.2, 0.25) is 5.91 Å². The number of nitrogens with zero attached hydrogens (tertiary/aromatic N) is 2. The van der Waals surface area contributed by atoms with Crippen LogP contribution in [0.5, 0.6) is 5.75 Å². The van der Waals surface area contributed by atoms with Gasteiger partial charge in [-0.3, -0.25) is 9.69 Å². The van der Waals surface area contributed by atoms with Crippen LogP contribution in [0.2, 0.25) is 0 Å². The van der Waals surface area contributed by atoms with E-state index in [4.69, 9.17) is 4.74 Å². The molecule has 2 aromatic carbocycles. The van der Waals surface area contributed by atoms with Gasteiger partial charge in [0.15, 0.2) is 0 Å². The molecule has 1 N–H and O–H groups in total. The number of ether oxygens (including phenoxy) is 1. The van der Waals surface area contributed by atoms with Gasteiger partial charge in [-0.05, 0) is 54.7 Å². The average molecular weight is 490 g/mol. The highest BCUT2D eigenvalue weighted by molar-refractivity contribution is 5.82. The summed E-state index contributed by atoms with van der Waals surface area (Å²) in [7, 11) is 0. The van der Waals surface area contributed by atoms with E-state index in [-0.39, 0.29) is 11.9 Å². The van der Waals surface area contributed by atoms with Gasteiger partial charge in [-0.1, -0.05) is 32.0 Å². The van der Waals surface area contributed by atoms with Gasteiger partial charge < -0.3 is 15.0 Å². The zero-order chi connectivity index (χ0) is 25.0. The predicted octanol–water partition coefficient (Wildman–Crippen LogP) is 4.61. The van der Waals surface area contributed by atoms with E-state index in [1.165, 1.54) is 6.07 Å². The molecule has 0 aliphatic carbocycles. The molecule has 190 valence electrons. The van der Waals surface area contributed by atoms with Crippen LogP contribution in [-0.4, -0.2) is 56.2 Å². The van der Waals surface area contributed by atoms with Crippen LogP contribution in [0.3, 0.4) is 0 Å². The molecule has 0 aromatic heterocycles. The van der Waals surface area contributed by atoms with E-state index in [2.05, 4.69) is 29.0 Å². The number of piperazine rings is 1. The molecule has 2 atom stereocenters. The number of nitrogens with one attached hydrogen (secondary N) is 1. The van der Waals surface area contributed by atoms with Crippen LogP contribution in [0.15, 0.2) is 48.5 Å². The number of carbonyl (C=O) groups is 1. The van der Waals surface area contributed by atoms with Gasteiger partial charge >= 0.3 is 6.18 Å². The van der Waals surface area contributed by atoms with Gasteiger partial charge in [-0.15, -0.1) is 0 Å². The number of para-hydroxylation sites is 1. The Kier molecular flexibility index (Phi) is 7.89. The molecular formula is C27H34F3N3O2. The second kappa shape index (κ2) is 10.9. The summed E-state index contributed by atoms with van der Waals surface area (Å²) in [6.07, 6.45) is -3.23. The minimum Gasteiger partial charge on any atom is -0.492 e. The van der Waals surface area contributed by atoms with Crippen LogP contribution in [0, 0.1) is 11.8 Å². The normalized spacial score (nSPS) is 20.3. The molecule has 2 aromatic rings. The maximum Gasteiger partial charge on any atom is 0.416 e. The van der Waals surface area contributed by atoms with Crippen LogP contribution in [0.25, 0.3) is 0 Å². The molecule has 2 heterocycles. The van der Waals surface area contributed by atoms with Crippen molar-refractivity contribution in [2.45, 2.75) is 38.9 Å². The fourth-order valence-corrected chi connectivity index (χ4v) is 4.99. The number of hydrogen-bond donors (Lipinski definition) is 1. The smallest absolute Gasteiger partial charge is 0.416 e. The molecular weight excluding hydrogens is 455 g/mol. The van der Waals surface area contributed by atoms with Gasteiger partial charge in [-0.25, -0.2) is 0 Å². The molecule has 1 saturated heterocycles. The summed E-state index contributed by atoms with van der Waals surface area (Å²) in [5.41, 5.74) is 0.751. The number of alkyl halides is 3. The number of anilines is 1. The molecule has 2 aliphatic rings. The van der Waals surface area contributed by atoms with Gasteiger partial charge in [0.1, 0.15) is 12.4 Å². The summed E-state index contributed by atoms with van der Waals surface area (Å²) < 4.78 is 46.0. The van der Waals surface area contributed by atoms with Crippen LogP contribution >= 0.6 is 0 Å². The number of rotatable bonds is 8. The van der Waals surface area contributed by atoms with E-state index < -0.39 is 17.7 Å². The summed E-state index contributed by atoms with van der Waals surface area (Å²) in [6.45, 7) is 8.11. The molecule has 0 saturated carbocycles. The van der Waals surface area contributed by atoms with Crippen molar-refractivity contribution in [2.75, 3.05) is 44.2 Å². The first-order valence-electron chi connectivity index (χ1n) is 12.4. The molecule has 2 aliphatic heterocycles. The fraction of sp³-hybridized carbons (Fsp3) is 0.519. The van der Waals surface area contributed by atoms with Crippen LogP contribution in [0.1, 0.15) is 31.4 Å². The number of benzene rings is 2. The van der Waals surface area contributed by atoms with Crippen molar-refractivity contribution in [1.29, 1.82) is 0 Å². The SMILES string of the molecule is CC(C)CCNC(=O)C1Cc2cc(C(F)(F)F)ccc2N2CCN(CCOc3ccccc3)CC12. The highest BCUT2D eigenvalue weighted by Crippen LogP contribution is 2.39. The highest BCUT2D eigenvalue weighted by Gasteiger charge is 2.42. The lowest BCUT2D eigenvalue weighted by atomic mass is 9.82. The van der Waals surface area contributed by atoms with Crippen molar-refractivity contribution in [3.05, 3.63) is 59.7 Å². The van der Waals surface area contributed by atoms with E-state index >= 15 is 0 Å². The molecule has 1 amide bonds. The van der Waals surface area contributed by atoms with Crippen molar-refractivity contribution in [1.82, 2.24) is 10.2 Å². The molecule has 2 unspecified atom stereocenters. The largest absolute Gasteiger partial charge is 0.492 e. The summed E-state index contributed by atoms with van der Waals surface area (Å²) in [6, 6.07) is 13.5. The van der Waals surface area contributed by atoms with Crippen molar-refractivity contribution in [2.24, 2.45) is 11.8 Å². The Morgan fingerprint density at radius 2 is 1.91 bits per heavy atom. The summed E-state index contributed by atoms with van der Waals surface area (Å²) in [4.78, 5) is 17.7. The van der Waals surface area contributed by atoms with Gasteiger partial charge in [-0.2, -0.15) is 13.2 Å². The molecule has 35 heavy (non-hydrogen) atoms. The first kappa shape index (κ1) is 25.4. The zero-order valence-electron chi connectivity index (χ0n) is 20.4. The first-order chi connectivity index (χ1) is 16.7. The summed E-state index contributed by atoms with van der Waals surface area (Å²) in [5.74, 6) is 0.797. The van der Waals surface area contributed by atoms with Gasteiger partial charge in [0.05, 0.1) is 17.5 Å².